The van der Waals surface area contributed by atoms with Crippen molar-refractivity contribution in [3.8, 4) is 0 Å². The lowest BCUT2D eigenvalue weighted by Crippen LogP contribution is -2.42. The van der Waals surface area contributed by atoms with Crippen molar-refractivity contribution in [1.82, 2.24) is 0 Å². The topological polar surface area (TPSA) is 20.2 Å². The van der Waals surface area contributed by atoms with Gasteiger partial charge in [0.2, 0.25) is 0 Å². The Labute approximate surface area is 178 Å². The van der Waals surface area contributed by atoms with Crippen LogP contribution in [0.15, 0.2) is 22.8 Å². The number of rotatable bonds is 3. The van der Waals surface area contributed by atoms with Crippen molar-refractivity contribution in [3.05, 3.63) is 22.8 Å². The summed E-state index contributed by atoms with van der Waals surface area (Å²) in [5.74, 6) is 3.71. The fourth-order valence-electron chi connectivity index (χ4n) is 4.24. The predicted molar refractivity (Wildman–Crippen MR) is 128 cm³/mol. The third-order valence-corrected chi connectivity index (χ3v) is 6.11. The van der Waals surface area contributed by atoms with Gasteiger partial charge in [-0.15, -0.1) is 0 Å². The molecule has 0 aliphatic heterocycles. The standard InChI is InChI=1S/C19H32O.2C4H10/c1-13(2)14(3)11-16-8-9-18-17(15(16)4)7-6-10-19(18,5)12-20;2*1-4(2)3/h11,13,17-18,20H,6-10,12H2,1-5H3;2*4H,1-3H3/b14-11+;;. The fourth-order valence-corrected chi connectivity index (χ4v) is 4.24. The van der Waals surface area contributed by atoms with Gasteiger partial charge in [0.05, 0.1) is 0 Å². The molecule has 0 aromatic rings. The minimum absolute atomic E-state index is 0.159. The molecule has 2 rings (SSSR count). The molecule has 28 heavy (non-hydrogen) atoms. The Kier molecular flexibility index (Phi) is 12.6. The number of hydrogen-bond acceptors (Lipinski definition) is 1. The normalized spacial score (nSPS) is 27.9. The maximum atomic E-state index is 9.83. The van der Waals surface area contributed by atoms with Crippen LogP contribution < -0.4 is 0 Å². The Bertz CT molecular complexity index is 483. The lowest BCUT2D eigenvalue weighted by atomic mass is 9.57. The van der Waals surface area contributed by atoms with Crippen molar-refractivity contribution in [2.75, 3.05) is 6.61 Å². The number of aliphatic hydroxyl groups is 1. The largest absolute Gasteiger partial charge is 0.396 e. The summed E-state index contributed by atoms with van der Waals surface area (Å²) in [6, 6.07) is 0. The first kappa shape index (κ1) is 27.4. The first-order valence-corrected chi connectivity index (χ1v) is 11.8. The second kappa shape index (κ2) is 12.9. The molecule has 1 saturated carbocycles. The van der Waals surface area contributed by atoms with Gasteiger partial charge >= 0.3 is 0 Å². The summed E-state index contributed by atoms with van der Waals surface area (Å²) in [5, 5.41) is 9.83. The molecule has 1 N–H and O–H groups in total. The minimum atomic E-state index is 0.159. The fraction of sp³-hybridized carbons (Fsp3) is 0.852. The van der Waals surface area contributed by atoms with E-state index in [-0.39, 0.29) is 5.41 Å². The molecule has 0 amide bonds. The van der Waals surface area contributed by atoms with E-state index in [1.165, 1.54) is 37.7 Å². The van der Waals surface area contributed by atoms with Gasteiger partial charge in [0.15, 0.2) is 0 Å². The molecule has 3 atom stereocenters. The molecule has 0 spiro atoms. The second-order valence-corrected chi connectivity index (χ2v) is 11.2. The van der Waals surface area contributed by atoms with Gasteiger partial charge < -0.3 is 5.11 Å². The van der Waals surface area contributed by atoms with Crippen molar-refractivity contribution < 1.29 is 5.11 Å². The summed E-state index contributed by atoms with van der Waals surface area (Å²) in [4.78, 5) is 0. The average molecular weight is 393 g/mol. The summed E-state index contributed by atoms with van der Waals surface area (Å²) in [5.41, 5.74) is 4.85. The van der Waals surface area contributed by atoms with Crippen LogP contribution in [0.25, 0.3) is 0 Å². The Morgan fingerprint density at radius 2 is 1.54 bits per heavy atom. The molecule has 3 unspecified atom stereocenters. The number of aliphatic hydroxyl groups excluding tert-OH is 1. The Balaban J connectivity index is 0.000000776. The van der Waals surface area contributed by atoms with Gasteiger partial charge in [-0.3, -0.25) is 0 Å². The maximum absolute atomic E-state index is 9.83. The average Bonchev–Trinajstić information content (AvgIpc) is 2.56. The van der Waals surface area contributed by atoms with E-state index >= 15 is 0 Å². The SMILES string of the molecule is CC(C)C.CC(C)C.CC1=C(/C=C(\C)C(C)C)CCC2C1CCCC2(C)CO. The van der Waals surface area contributed by atoms with Gasteiger partial charge in [-0.05, 0) is 80.1 Å². The quantitative estimate of drug-likeness (QED) is 0.511. The molecule has 0 bridgehead atoms. The summed E-state index contributed by atoms with van der Waals surface area (Å²) in [6.45, 7) is 24.8. The van der Waals surface area contributed by atoms with Crippen LogP contribution in [-0.2, 0) is 0 Å². The summed E-state index contributed by atoms with van der Waals surface area (Å²) >= 11 is 0. The van der Waals surface area contributed by atoms with Gasteiger partial charge in [-0.25, -0.2) is 0 Å². The molecule has 1 fully saturated rings. The van der Waals surface area contributed by atoms with E-state index < -0.39 is 0 Å². The monoisotopic (exact) mass is 392 g/mol. The molecule has 0 aromatic heterocycles. The van der Waals surface area contributed by atoms with E-state index in [9.17, 15) is 5.11 Å². The molecule has 0 radical (unpaired) electrons. The van der Waals surface area contributed by atoms with Crippen molar-refractivity contribution >= 4 is 0 Å². The zero-order chi connectivity index (χ0) is 22.1. The van der Waals surface area contributed by atoms with Crippen LogP contribution in [0.3, 0.4) is 0 Å². The number of fused-ring (bicyclic) bond motifs is 1. The predicted octanol–water partition coefficient (Wildman–Crippen LogP) is 8.44. The molecule has 1 nitrogen and oxygen atoms in total. The van der Waals surface area contributed by atoms with E-state index in [4.69, 9.17) is 0 Å². The Morgan fingerprint density at radius 3 is 1.96 bits per heavy atom. The van der Waals surface area contributed by atoms with Gasteiger partial charge in [-0.1, -0.05) is 86.0 Å². The summed E-state index contributed by atoms with van der Waals surface area (Å²) < 4.78 is 0. The van der Waals surface area contributed by atoms with Crippen molar-refractivity contribution in [2.24, 2.45) is 35.0 Å². The van der Waals surface area contributed by atoms with E-state index in [0.29, 0.717) is 24.4 Å². The number of hydrogen-bond donors (Lipinski definition) is 1. The van der Waals surface area contributed by atoms with Crippen LogP contribution in [0.5, 0.6) is 0 Å². The molecule has 166 valence electrons. The van der Waals surface area contributed by atoms with Gasteiger partial charge in [0.25, 0.3) is 0 Å². The third-order valence-electron chi connectivity index (χ3n) is 6.11. The molecular formula is C27H52O. The smallest absolute Gasteiger partial charge is 0.0487 e. The van der Waals surface area contributed by atoms with E-state index in [0.717, 1.165) is 11.8 Å². The van der Waals surface area contributed by atoms with Crippen LogP contribution in [0.2, 0.25) is 0 Å². The highest BCUT2D eigenvalue weighted by Gasteiger charge is 2.43. The van der Waals surface area contributed by atoms with Crippen molar-refractivity contribution in [1.29, 1.82) is 0 Å². The van der Waals surface area contributed by atoms with Crippen LogP contribution in [0, 0.1) is 35.0 Å². The Hall–Kier alpha value is -0.560. The van der Waals surface area contributed by atoms with Gasteiger partial charge in [0.1, 0.15) is 0 Å². The zero-order valence-corrected chi connectivity index (χ0v) is 21.2. The van der Waals surface area contributed by atoms with Crippen molar-refractivity contribution in [2.45, 2.75) is 108 Å². The van der Waals surface area contributed by atoms with Crippen LogP contribution in [-0.4, -0.2) is 11.7 Å². The minimum Gasteiger partial charge on any atom is -0.396 e. The second-order valence-electron chi connectivity index (χ2n) is 11.2. The molecule has 1 heteroatoms. The van der Waals surface area contributed by atoms with Crippen molar-refractivity contribution in [3.63, 3.8) is 0 Å². The summed E-state index contributed by atoms with van der Waals surface area (Å²) in [7, 11) is 0. The van der Waals surface area contributed by atoms with Crippen LogP contribution in [0.4, 0.5) is 0 Å². The molecule has 2 aliphatic carbocycles. The highest BCUT2D eigenvalue weighted by molar-refractivity contribution is 5.32. The lowest BCUT2D eigenvalue weighted by Gasteiger charge is -2.48. The molecule has 0 saturated heterocycles. The molecule has 2 aliphatic rings. The first-order chi connectivity index (χ1) is 12.9. The third kappa shape index (κ3) is 9.29. The van der Waals surface area contributed by atoms with E-state index in [1.807, 2.05) is 0 Å². The van der Waals surface area contributed by atoms with E-state index in [1.54, 1.807) is 11.1 Å². The zero-order valence-electron chi connectivity index (χ0n) is 21.2. The highest BCUT2D eigenvalue weighted by Crippen LogP contribution is 2.52. The molecule has 0 heterocycles. The lowest BCUT2D eigenvalue weighted by molar-refractivity contribution is 0.00599. The van der Waals surface area contributed by atoms with E-state index in [2.05, 4.69) is 82.2 Å². The first-order valence-electron chi connectivity index (χ1n) is 11.8. The highest BCUT2D eigenvalue weighted by atomic mass is 16.3. The number of allylic oxidation sites excluding steroid dienone is 4. The van der Waals surface area contributed by atoms with Crippen LogP contribution in [0.1, 0.15) is 108 Å². The molecular weight excluding hydrogens is 340 g/mol. The summed E-state index contributed by atoms with van der Waals surface area (Å²) in [6.07, 6.45) is 8.71. The van der Waals surface area contributed by atoms with Gasteiger partial charge in [0, 0.05) is 6.61 Å². The van der Waals surface area contributed by atoms with Gasteiger partial charge in [-0.2, -0.15) is 0 Å². The maximum Gasteiger partial charge on any atom is 0.0487 e. The molecule has 0 aromatic carbocycles. The Morgan fingerprint density at radius 1 is 1.04 bits per heavy atom. The van der Waals surface area contributed by atoms with Crippen LogP contribution >= 0.6 is 0 Å².